The number of carbonyl (C=O) groups excluding carboxylic acids is 3. The third-order valence-corrected chi connectivity index (χ3v) is 4.88. The Morgan fingerprint density at radius 1 is 0.879 bits per heavy atom. The van der Waals surface area contributed by atoms with Crippen molar-refractivity contribution in [1.29, 1.82) is 0 Å². The summed E-state index contributed by atoms with van der Waals surface area (Å²) in [4.78, 5) is 36.2. The summed E-state index contributed by atoms with van der Waals surface area (Å²) in [6, 6.07) is 17.4. The van der Waals surface area contributed by atoms with Crippen LogP contribution >= 0.6 is 23.2 Å². The standard InChI is InChI=1S/C23H17Cl2N3O5/c1-32-17-6-3-5-15(11-17)23(31)33-18-7-2-4-14(10-18)13-26-28-22(30)21(29)27-16-8-9-19(24)20(25)12-16/h2-13H,1H3,(H,27,29)(H,28,30)/b26-13+. The normalized spacial score (nSPS) is 10.5. The number of hydrogen-bond acceptors (Lipinski definition) is 6. The summed E-state index contributed by atoms with van der Waals surface area (Å²) in [5, 5.41) is 6.68. The zero-order valence-corrected chi connectivity index (χ0v) is 18.7. The largest absolute Gasteiger partial charge is 0.497 e. The molecule has 8 nitrogen and oxygen atoms in total. The lowest BCUT2D eigenvalue weighted by atomic mass is 10.2. The van der Waals surface area contributed by atoms with Crippen LogP contribution in [-0.4, -0.2) is 31.1 Å². The lowest BCUT2D eigenvalue weighted by molar-refractivity contribution is -0.136. The van der Waals surface area contributed by atoms with Crippen LogP contribution in [-0.2, 0) is 9.59 Å². The molecule has 0 aliphatic rings. The van der Waals surface area contributed by atoms with E-state index in [2.05, 4.69) is 15.8 Å². The first-order valence-corrected chi connectivity index (χ1v) is 10.2. The number of esters is 1. The molecule has 2 N–H and O–H groups in total. The number of nitrogens with one attached hydrogen (secondary N) is 2. The van der Waals surface area contributed by atoms with E-state index >= 15 is 0 Å². The van der Waals surface area contributed by atoms with Gasteiger partial charge in [0, 0.05) is 5.69 Å². The maximum Gasteiger partial charge on any atom is 0.343 e. The van der Waals surface area contributed by atoms with E-state index in [-0.39, 0.29) is 10.8 Å². The number of nitrogens with zero attached hydrogens (tertiary/aromatic N) is 1. The Hall–Kier alpha value is -3.88. The Morgan fingerprint density at radius 3 is 2.39 bits per heavy atom. The predicted molar refractivity (Wildman–Crippen MR) is 125 cm³/mol. The van der Waals surface area contributed by atoms with E-state index in [9.17, 15) is 14.4 Å². The number of carbonyl (C=O) groups is 3. The van der Waals surface area contributed by atoms with Crippen LogP contribution in [0.1, 0.15) is 15.9 Å². The van der Waals surface area contributed by atoms with Gasteiger partial charge in [0.25, 0.3) is 0 Å². The van der Waals surface area contributed by atoms with Crippen molar-refractivity contribution < 1.29 is 23.9 Å². The van der Waals surface area contributed by atoms with Crippen LogP contribution in [0.15, 0.2) is 71.8 Å². The molecule has 0 radical (unpaired) electrons. The molecule has 0 aliphatic carbocycles. The monoisotopic (exact) mass is 485 g/mol. The maximum absolute atomic E-state index is 12.3. The average Bonchev–Trinajstić information content (AvgIpc) is 2.81. The second-order valence-electron chi connectivity index (χ2n) is 6.48. The van der Waals surface area contributed by atoms with Crippen LogP contribution < -0.4 is 20.2 Å². The predicted octanol–water partition coefficient (Wildman–Crippen LogP) is 4.31. The summed E-state index contributed by atoms with van der Waals surface area (Å²) in [5.41, 5.74) is 3.27. The molecular formula is C23H17Cl2N3O5. The second kappa shape index (κ2) is 11.1. The van der Waals surface area contributed by atoms with Crippen LogP contribution in [0.3, 0.4) is 0 Å². The van der Waals surface area contributed by atoms with Gasteiger partial charge in [-0.15, -0.1) is 0 Å². The summed E-state index contributed by atoms with van der Waals surface area (Å²) in [6.45, 7) is 0. The van der Waals surface area contributed by atoms with Crippen LogP contribution in [0.4, 0.5) is 5.69 Å². The third-order valence-electron chi connectivity index (χ3n) is 4.14. The third kappa shape index (κ3) is 6.80. The lowest BCUT2D eigenvalue weighted by Crippen LogP contribution is -2.32. The Bertz CT molecular complexity index is 1230. The molecular weight excluding hydrogens is 469 g/mol. The van der Waals surface area contributed by atoms with Gasteiger partial charge in [-0.1, -0.05) is 41.4 Å². The highest BCUT2D eigenvalue weighted by Gasteiger charge is 2.14. The molecule has 2 amide bonds. The van der Waals surface area contributed by atoms with Crippen LogP contribution in [0.5, 0.6) is 11.5 Å². The van der Waals surface area contributed by atoms with Crippen molar-refractivity contribution in [2.24, 2.45) is 5.10 Å². The van der Waals surface area contributed by atoms with E-state index in [0.29, 0.717) is 27.6 Å². The van der Waals surface area contributed by atoms with Crippen molar-refractivity contribution in [2.75, 3.05) is 12.4 Å². The van der Waals surface area contributed by atoms with E-state index in [0.717, 1.165) is 0 Å². The zero-order valence-electron chi connectivity index (χ0n) is 17.2. The summed E-state index contributed by atoms with van der Waals surface area (Å²) in [6.07, 6.45) is 1.30. The number of amides is 2. The molecule has 0 heterocycles. The highest BCUT2D eigenvalue weighted by Crippen LogP contribution is 2.25. The minimum absolute atomic E-state index is 0.236. The number of hydrogen-bond donors (Lipinski definition) is 2. The molecule has 0 bridgehead atoms. The number of halogens is 2. The van der Waals surface area contributed by atoms with Gasteiger partial charge in [0.2, 0.25) is 0 Å². The minimum Gasteiger partial charge on any atom is -0.497 e. The second-order valence-corrected chi connectivity index (χ2v) is 7.29. The number of methoxy groups -OCH3 is 1. The van der Waals surface area contributed by atoms with E-state index < -0.39 is 17.8 Å². The molecule has 0 saturated carbocycles. The summed E-state index contributed by atoms with van der Waals surface area (Å²) < 4.78 is 10.5. The molecule has 0 aromatic heterocycles. The van der Waals surface area contributed by atoms with Crippen LogP contribution in [0.25, 0.3) is 0 Å². The Morgan fingerprint density at radius 2 is 1.64 bits per heavy atom. The van der Waals surface area contributed by atoms with Crippen molar-refractivity contribution in [2.45, 2.75) is 0 Å². The molecule has 10 heteroatoms. The van der Waals surface area contributed by atoms with E-state index in [1.54, 1.807) is 48.5 Å². The average molecular weight is 486 g/mol. The lowest BCUT2D eigenvalue weighted by Gasteiger charge is -2.06. The van der Waals surface area contributed by atoms with Gasteiger partial charge < -0.3 is 14.8 Å². The molecule has 168 valence electrons. The highest BCUT2D eigenvalue weighted by atomic mass is 35.5. The highest BCUT2D eigenvalue weighted by molar-refractivity contribution is 6.43. The fourth-order valence-electron chi connectivity index (χ4n) is 2.55. The fraction of sp³-hybridized carbons (Fsp3) is 0.0435. The van der Waals surface area contributed by atoms with Gasteiger partial charge in [0.05, 0.1) is 28.9 Å². The molecule has 0 atom stereocenters. The fourth-order valence-corrected chi connectivity index (χ4v) is 2.85. The van der Waals surface area contributed by atoms with E-state index in [1.165, 1.54) is 31.5 Å². The van der Waals surface area contributed by atoms with Gasteiger partial charge in [-0.2, -0.15) is 5.10 Å². The topological polar surface area (TPSA) is 106 Å². The Balaban J connectivity index is 1.57. The van der Waals surface area contributed by atoms with Gasteiger partial charge in [0.1, 0.15) is 11.5 Å². The molecule has 0 saturated heterocycles. The van der Waals surface area contributed by atoms with Crippen molar-refractivity contribution in [1.82, 2.24) is 5.43 Å². The minimum atomic E-state index is -0.988. The quantitative estimate of drug-likeness (QED) is 0.178. The number of rotatable bonds is 6. The van der Waals surface area contributed by atoms with Crippen molar-refractivity contribution >= 4 is 52.9 Å². The summed E-state index contributed by atoms with van der Waals surface area (Å²) >= 11 is 11.7. The summed E-state index contributed by atoms with van der Waals surface area (Å²) in [7, 11) is 1.50. The van der Waals surface area contributed by atoms with Gasteiger partial charge in [-0.3, -0.25) is 9.59 Å². The van der Waals surface area contributed by atoms with Gasteiger partial charge in [-0.25, -0.2) is 10.2 Å². The van der Waals surface area contributed by atoms with Crippen LogP contribution in [0.2, 0.25) is 10.0 Å². The maximum atomic E-state index is 12.3. The number of benzene rings is 3. The number of ether oxygens (including phenoxy) is 2. The molecule has 3 rings (SSSR count). The zero-order chi connectivity index (χ0) is 23.8. The SMILES string of the molecule is COc1cccc(C(=O)Oc2cccc(/C=N/NC(=O)C(=O)Nc3ccc(Cl)c(Cl)c3)c2)c1. The molecule has 33 heavy (non-hydrogen) atoms. The number of hydrazone groups is 1. The smallest absolute Gasteiger partial charge is 0.343 e. The van der Waals surface area contributed by atoms with Crippen molar-refractivity contribution in [3.8, 4) is 11.5 Å². The number of anilines is 1. The first kappa shape index (κ1) is 23.8. The van der Waals surface area contributed by atoms with Crippen molar-refractivity contribution in [3.63, 3.8) is 0 Å². The van der Waals surface area contributed by atoms with Crippen molar-refractivity contribution in [3.05, 3.63) is 87.9 Å². The van der Waals surface area contributed by atoms with Gasteiger partial charge >= 0.3 is 17.8 Å². The van der Waals surface area contributed by atoms with E-state index in [4.69, 9.17) is 32.7 Å². The molecule has 3 aromatic rings. The molecule has 0 spiro atoms. The first-order chi connectivity index (χ1) is 15.9. The van der Waals surface area contributed by atoms with Gasteiger partial charge in [-0.05, 0) is 54.1 Å². The molecule has 3 aromatic carbocycles. The first-order valence-electron chi connectivity index (χ1n) is 9.41. The molecule has 0 fully saturated rings. The van der Waals surface area contributed by atoms with Crippen LogP contribution in [0, 0.1) is 0 Å². The summed E-state index contributed by atoms with van der Waals surface area (Å²) in [5.74, 6) is -1.68. The molecule has 0 unspecified atom stereocenters. The Kier molecular flexibility index (Phi) is 8.01. The molecule has 0 aliphatic heterocycles. The Labute approximate surface area is 199 Å². The van der Waals surface area contributed by atoms with Gasteiger partial charge in [0.15, 0.2) is 0 Å². The van der Waals surface area contributed by atoms with E-state index in [1.807, 2.05) is 0 Å².